The molecule has 0 aliphatic heterocycles. The van der Waals surface area contributed by atoms with Gasteiger partial charge in [-0.15, -0.1) is 0 Å². The van der Waals surface area contributed by atoms with E-state index in [0.717, 1.165) is 5.69 Å². The number of pyridine rings is 1. The van der Waals surface area contributed by atoms with Gasteiger partial charge in [0.2, 0.25) is 0 Å². The molecular formula is C14H25F2N. The van der Waals surface area contributed by atoms with Crippen molar-refractivity contribution in [3.8, 4) is 0 Å². The van der Waals surface area contributed by atoms with Crippen LogP contribution >= 0.6 is 0 Å². The van der Waals surface area contributed by atoms with Gasteiger partial charge < -0.3 is 0 Å². The van der Waals surface area contributed by atoms with Crippen LogP contribution in [0.2, 0.25) is 0 Å². The van der Waals surface area contributed by atoms with Gasteiger partial charge in [-0.05, 0) is 19.1 Å². The van der Waals surface area contributed by atoms with E-state index in [1.807, 2.05) is 27.7 Å². The number of rotatable bonds is 2. The number of hydrogen-bond acceptors (Lipinski definition) is 1. The highest BCUT2D eigenvalue weighted by Crippen LogP contribution is 2.34. The average Bonchev–Trinajstić information content (AvgIpc) is 2.34. The highest BCUT2D eigenvalue weighted by atomic mass is 19.3. The lowest BCUT2D eigenvalue weighted by Gasteiger charge is -2.20. The highest BCUT2D eigenvalue weighted by molar-refractivity contribution is 5.18. The van der Waals surface area contributed by atoms with Gasteiger partial charge in [0.25, 0.3) is 5.92 Å². The largest absolute Gasteiger partial charge is 0.276 e. The molecule has 1 aromatic heterocycles. The van der Waals surface area contributed by atoms with Crippen molar-refractivity contribution < 1.29 is 8.78 Å². The van der Waals surface area contributed by atoms with Gasteiger partial charge in [-0.25, -0.2) is 8.78 Å². The molecule has 17 heavy (non-hydrogen) atoms. The van der Waals surface area contributed by atoms with Crippen LogP contribution in [0.4, 0.5) is 8.78 Å². The zero-order valence-electron chi connectivity index (χ0n) is 12.0. The van der Waals surface area contributed by atoms with E-state index in [1.165, 1.54) is 26.1 Å². The number of aryl methyl sites for hydroxylation is 1. The van der Waals surface area contributed by atoms with Crippen molar-refractivity contribution >= 4 is 0 Å². The number of aromatic nitrogens is 1. The Morgan fingerprint density at radius 2 is 1.53 bits per heavy atom. The molecule has 0 unspecified atom stereocenters. The van der Waals surface area contributed by atoms with Crippen LogP contribution in [0.15, 0.2) is 18.3 Å². The number of alkyl halides is 2. The van der Waals surface area contributed by atoms with Crippen LogP contribution in [-0.2, 0) is 5.92 Å². The van der Waals surface area contributed by atoms with E-state index in [9.17, 15) is 8.78 Å². The lowest BCUT2D eigenvalue weighted by molar-refractivity contribution is -0.0516. The summed E-state index contributed by atoms with van der Waals surface area (Å²) in [6, 6.07) is 3.04. The Balaban J connectivity index is 0. The predicted molar refractivity (Wildman–Crippen MR) is 70.4 cm³/mol. The van der Waals surface area contributed by atoms with Crippen LogP contribution in [0, 0.1) is 12.8 Å². The molecule has 0 saturated carbocycles. The molecule has 0 radical (unpaired) electrons. The molecule has 0 aliphatic carbocycles. The summed E-state index contributed by atoms with van der Waals surface area (Å²) in [4.78, 5) is 3.85. The molecule has 3 heteroatoms. The molecule has 0 fully saturated rings. The fourth-order valence-electron chi connectivity index (χ4n) is 0.998. The second-order valence-electron chi connectivity index (χ2n) is 3.47. The van der Waals surface area contributed by atoms with E-state index in [4.69, 9.17) is 0 Å². The van der Waals surface area contributed by atoms with Crippen molar-refractivity contribution in [2.75, 3.05) is 0 Å². The lowest BCUT2D eigenvalue weighted by atomic mass is 9.99. The summed E-state index contributed by atoms with van der Waals surface area (Å²) in [5.41, 5.74) is 0.747. The van der Waals surface area contributed by atoms with Crippen LogP contribution < -0.4 is 0 Å². The summed E-state index contributed by atoms with van der Waals surface area (Å²) in [7, 11) is 0. The van der Waals surface area contributed by atoms with Crippen LogP contribution in [0.5, 0.6) is 0 Å². The number of halogens is 2. The van der Waals surface area contributed by atoms with Crippen LogP contribution in [0.25, 0.3) is 0 Å². The molecule has 0 amide bonds. The van der Waals surface area contributed by atoms with Gasteiger partial charge in [0.05, 0.1) is 0 Å². The third kappa shape index (κ3) is 5.76. The summed E-state index contributed by atoms with van der Waals surface area (Å²) < 4.78 is 26.7. The molecule has 0 spiro atoms. The Hall–Kier alpha value is -0.990. The van der Waals surface area contributed by atoms with Gasteiger partial charge in [0.15, 0.2) is 0 Å². The smallest absolute Gasteiger partial charge is 0.261 e. The molecule has 0 aliphatic rings. The van der Waals surface area contributed by atoms with Gasteiger partial charge in [0.1, 0.15) is 0 Å². The maximum absolute atomic E-state index is 13.4. The van der Waals surface area contributed by atoms with E-state index in [2.05, 4.69) is 4.98 Å². The first kappa shape index (κ1) is 18.4. The number of nitrogens with zero attached hydrogens (tertiary/aromatic N) is 1. The normalized spacial score (nSPS) is 10.0. The van der Waals surface area contributed by atoms with Crippen molar-refractivity contribution in [1.29, 1.82) is 0 Å². The number of hydrogen-bond donors (Lipinski definition) is 0. The quantitative estimate of drug-likeness (QED) is 0.698. The van der Waals surface area contributed by atoms with Gasteiger partial charge >= 0.3 is 0 Å². The van der Waals surface area contributed by atoms with Crippen molar-refractivity contribution in [1.82, 2.24) is 4.98 Å². The first-order valence-corrected chi connectivity index (χ1v) is 6.25. The van der Waals surface area contributed by atoms with Gasteiger partial charge in [-0.1, -0.05) is 41.5 Å². The molecule has 1 nitrogen and oxygen atoms in total. The van der Waals surface area contributed by atoms with Crippen molar-refractivity contribution in [2.24, 2.45) is 5.92 Å². The lowest BCUT2D eigenvalue weighted by Crippen LogP contribution is -2.21. The van der Waals surface area contributed by atoms with E-state index in [1.54, 1.807) is 13.0 Å². The molecule has 1 rings (SSSR count). The summed E-state index contributed by atoms with van der Waals surface area (Å²) in [5.74, 6) is -3.47. The van der Waals surface area contributed by atoms with E-state index < -0.39 is 11.8 Å². The van der Waals surface area contributed by atoms with Gasteiger partial charge in [0, 0.05) is 23.4 Å². The molecule has 0 saturated heterocycles. The molecule has 0 N–H and O–H groups in total. The summed E-state index contributed by atoms with van der Waals surface area (Å²) in [5, 5.41) is 0. The van der Waals surface area contributed by atoms with Crippen LogP contribution in [0.1, 0.15) is 52.8 Å². The summed E-state index contributed by atoms with van der Waals surface area (Å²) >= 11 is 0. The summed E-state index contributed by atoms with van der Waals surface area (Å²) in [6.45, 7) is 12.8. The molecular weight excluding hydrogens is 220 g/mol. The van der Waals surface area contributed by atoms with E-state index in [0.29, 0.717) is 0 Å². The minimum Gasteiger partial charge on any atom is -0.261 e. The minimum absolute atomic E-state index is 0.00639. The molecule has 0 bridgehead atoms. The van der Waals surface area contributed by atoms with Crippen molar-refractivity contribution in [3.05, 3.63) is 29.6 Å². The van der Waals surface area contributed by atoms with Gasteiger partial charge in [-0.3, -0.25) is 4.98 Å². The SMILES string of the molecule is CC.CC.Cc1ccc(C(F)(F)C(C)C)cn1. The standard InChI is InChI=1S/C10H13F2N.2C2H6/c1-7(2)10(11,12)9-5-4-8(3)13-6-9;2*1-2/h4-7H,1-3H3;2*1-2H3. The predicted octanol–water partition coefficient (Wildman–Crippen LogP) is 5.19. The van der Waals surface area contributed by atoms with Crippen LogP contribution in [0.3, 0.4) is 0 Å². The molecule has 1 aromatic rings. The Bertz CT molecular complexity index is 279. The van der Waals surface area contributed by atoms with Crippen LogP contribution in [-0.4, -0.2) is 4.98 Å². The topological polar surface area (TPSA) is 12.9 Å². The van der Waals surface area contributed by atoms with Crippen molar-refractivity contribution in [3.63, 3.8) is 0 Å². The van der Waals surface area contributed by atoms with Crippen molar-refractivity contribution in [2.45, 2.75) is 54.4 Å². The fraction of sp³-hybridized carbons (Fsp3) is 0.643. The third-order valence-electron chi connectivity index (χ3n) is 2.02. The monoisotopic (exact) mass is 245 g/mol. The average molecular weight is 245 g/mol. The maximum atomic E-state index is 13.4. The minimum atomic E-state index is -2.78. The first-order valence-electron chi connectivity index (χ1n) is 6.25. The molecule has 0 aromatic carbocycles. The maximum Gasteiger partial charge on any atom is 0.276 e. The Kier molecular flexibility index (Phi) is 9.82. The molecule has 100 valence electrons. The van der Waals surface area contributed by atoms with Gasteiger partial charge in [-0.2, -0.15) is 0 Å². The zero-order valence-corrected chi connectivity index (χ0v) is 12.0. The third-order valence-corrected chi connectivity index (χ3v) is 2.02. The molecule has 0 atom stereocenters. The van der Waals surface area contributed by atoms with E-state index in [-0.39, 0.29) is 5.56 Å². The summed E-state index contributed by atoms with van der Waals surface area (Å²) in [6.07, 6.45) is 1.25. The highest BCUT2D eigenvalue weighted by Gasteiger charge is 2.35. The second kappa shape index (κ2) is 9.08. The first-order chi connectivity index (χ1) is 7.94. The molecule has 1 heterocycles. The fourth-order valence-corrected chi connectivity index (χ4v) is 0.998. The Morgan fingerprint density at radius 1 is 1.06 bits per heavy atom. The Labute approximate surface area is 104 Å². The second-order valence-corrected chi connectivity index (χ2v) is 3.47. The zero-order chi connectivity index (χ0) is 14.1. The van der Waals surface area contributed by atoms with E-state index >= 15 is 0 Å². The Morgan fingerprint density at radius 3 is 1.82 bits per heavy atom.